The molecular weight excluding hydrogens is 216 g/mol. The average Bonchev–Trinajstić information content (AvgIpc) is 2.55. The Labute approximate surface area is 100 Å². The number of nitrogens with zero attached hydrogens (tertiary/aromatic N) is 2. The molecule has 0 amide bonds. The van der Waals surface area contributed by atoms with Crippen molar-refractivity contribution in [3.63, 3.8) is 0 Å². The Bertz CT molecular complexity index is 564. The summed E-state index contributed by atoms with van der Waals surface area (Å²) in [7, 11) is 0. The Kier molecular flexibility index (Phi) is 2.65. The molecule has 4 heteroatoms. The van der Waals surface area contributed by atoms with Crippen LogP contribution >= 0.6 is 0 Å². The number of hydrogen-bond acceptors (Lipinski definition) is 3. The molecule has 89 valence electrons. The first-order chi connectivity index (χ1) is 7.88. The van der Waals surface area contributed by atoms with Crippen LogP contribution in [0.4, 0.5) is 4.79 Å². The third-order valence-electron chi connectivity index (χ3n) is 2.23. The van der Waals surface area contributed by atoms with E-state index in [1.165, 1.54) is 4.68 Å². The van der Waals surface area contributed by atoms with E-state index in [9.17, 15) is 4.79 Å². The number of ether oxygens (including phenoxy) is 1. The molecular formula is C13H15N2O2. The molecule has 0 unspecified atom stereocenters. The van der Waals surface area contributed by atoms with Gasteiger partial charge in [0, 0.05) is 5.39 Å². The molecule has 1 aromatic carbocycles. The standard InChI is InChI=1S/C13H15N2O2/c1-9-10-7-5-6-8-11(10)15(14-9)12(16)17-13(2,3)4/h5-8H,1H2,2-4H3. The molecule has 0 spiro atoms. The van der Waals surface area contributed by atoms with Crippen LogP contribution in [0.15, 0.2) is 24.3 Å². The molecule has 0 saturated carbocycles. The van der Waals surface area contributed by atoms with E-state index in [0.29, 0.717) is 11.2 Å². The van der Waals surface area contributed by atoms with E-state index in [2.05, 4.69) is 12.0 Å². The number of fused-ring (bicyclic) bond motifs is 1. The average molecular weight is 231 g/mol. The van der Waals surface area contributed by atoms with Crippen molar-refractivity contribution in [2.75, 3.05) is 0 Å². The highest BCUT2D eigenvalue weighted by Crippen LogP contribution is 2.19. The van der Waals surface area contributed by atoms with Crippen LogP contribution in [0.1, 0.15) is 26.5 Å². The molecule has 1 heterocycles. The number of carbonyl (C=O) groups is 1. The van der Waals surface area contributed by atoms with E-state index in [0.717, 1.165) is 5.39 Å². The van der Waals surface area contributed by atoms with Gasteiger partial charge in [-0.15, -0.1) is 0 Å². The van der Waals surface area contributed by atoms with Crippen LogP contribution in [0, 0.1) is 6.92 Å². The molecule has 0 fully saturated rings. The molecule has 2 rings (SSSR count). The maximum Gasteiger partial charge on any atom is 0.435 e. The highest BCUT2D eigenvalue weighted by atomic mass is 16.6. The summed E-state index contributed by atoms with van der Waals surface area (Å²) in [5.74, 6) is 0. The topological polar surface area (TPSA) is 44.1 Å². The van der Waals surface area contributed by atoms with Gasteiger partial charge in [0.15, 0.2) is 0 Å². The Morgan fingerprint density at radius 1 is 1.35 bits per heavy atom. The molecule has 4 nitrogen and oxygen atoms in total. The highest BCUT2D eigenvalue weighted by Gasteiger charge is 2.20. The quantitative estimate of drug-likeness (QED) is 0.700. The minimum atomic E-state index is -0.536. The van der Waals surface area contributed by atoms with Crippen LogP contribution in [-0.2, 0) is 4.74 Å². The van der Waals surface area contributed by atoms with Crippen LogP contribution < -0.4 is 0 Å². The summed E-state index contributed by atoms with van der Waals surface area (Å²) in [6.45, 7) is 9.27. The van der Waals surface area contributed by atoms with Crippen molar-refractivity contribution >= 4 is 17.0 Å². The first kappa shape index (κ1) is 11.6. The molecule has 0 atom stereocenters. The van der Waals surface area contributed by atoms with E-state index >= 15 is 0 Å². The Morgan fingerprint density at radius 2 is 2.00 bits per heavy atom. The lowest BCUT2D eigenvalue weighted by atomic mass is 10.2. The van der Waals surface area contributed by atoms with E-state index in [4.69, 9.17) is 4.74 Å². The van der Waals surface area contributed by atoms with Crippen molar-refractivity contribution in [3.05, 3.63) is 36.9 Å². The smallest absolute Gasteiger partial charge is 0.435 e. The summed E-state index contributed by atoms with van der Waals surface area (Å²) < 4.78 is 6.53. The minimum absolute atomic E-state index is 0.483. The predicted octanol–water partition coefficient (Wildman–Crippen LogP) is 3.00. The van der Waals surface area contributed by atoms with Crippen LogP contribution in [0.3, 0.4) is 0 Å². The number of rotatable bonds is 0. The molecule has 2 aromatic rings. The maximum atomic E-state index is 11.9. The normalized spacial score (nSPS) is 11.8. The van der Waals surface area contributed by atoms with Gasteiger partial charge in [0.05, 0.1) is 11.2 Å². The van der Waals surface area contributed by atoms with Crippen molar-refractivity contribution in [1.29, 1.82) is 0 Å². The fraction of sp³-hybridized carbons (Fsp3) is 0.308. The highest BCUT2D eigenvalue weighted by molar-refractivity contribution is 5.90. The predicted molar refractivity (Wildman–Crippen MR) is 65.8 cm³/mol. The molecule has 0 bridgehead atoms. The van der Waals surface area contributed by atoms with Gasteiger partial charge in [-0.3, -0.25) is 0 Å². The van der Waals surface area contributed by atoms with Gasteiger partial charge in [-0.05, 0) is 33.8 Å². The third kappa shape index (κ3) is 2.30. The number of carbonyl (C=O) groups excluding carboxylic acids is 1. The van der Waals surface area contributed by atoms with Crippen molar-refractivity contribution < 1.29 is 9.53 Å². The zero-order chi connectivity index (χ0) is 12.6. The largest absolute Gasteiger partial charge is 0.442 e. The number of benzene rings is 1. The summed E-state index contributed by atoms with van der Waals surface area (Å²) >= 11 is 0. The van der Waals surface area contributed by atoms with Crippen molar-refractivity contribution in [3.8, 4) is 0 Å². The maximum absolute atomic E-state index is 11.9. The molecule has 17 heavy (non-hydrogen) atoms. The monoisotopic (exact) mass is 231 g/mol. The van der Waals surface area contributed by atoms with Gasteiger partial charge >= 0.3 is 6.09 Å². The number of aromatic nitrogens is 2. The van der Waals surface area contributed by atoms with Crippen LogP contribution in [0.25, 0.3) is 10.9 Å². The summed E-state index contributed by atoms with van der Waals surface area (Å²) in [4.78, 5) is 11.9. The van der Waals surface area contributed by atoms with Crippen molar-refractivity contribution in [2.45, 2.75) is 26.4 Å². The van der Waals surface area contributed by atoms with Crippen LogP contribution in [0.5, 0.6) is 0 Å². The summed E-state index contributed by atoms with van der Waals surface area (Å²) in [5, 5.41) is 4.96. The number of hydrogen-bond donors (Lipinski definition) is 0. The van der Waals surface area contributed by atoms with E-state index in [1.54, 1.807) is 0 Å². The molecule has 0 N–H and O–H groups in total. The van der Waals surface area contributed by atoms with Gasteiger partial charge in [-0.2, -0.15) is 9.78 Å². The number of para-hydroxylation sites is 1. The lowest BCUT2D eigenvalue weighted by Gasteiger charge is -2.19. The zero-order valence-electron chi connectivity index (χ0n) is 10.2. The first-order valence-electron chi connectivity index (χ1n) is 5.41. The van der Waals surface area contributed by atoms with E-state index < -0.39 is 11.7 Å². The summed E-state index contributed by atoms with van der Waals surface area (Å²) in [5.41, 5.74) is 0.754. The molecule has 0 aliphatic carbocycles. The van der Waals surface area contributed by atoms with E-state index in [1.807, 2.05) is 45.0 Å². The van der Waals surface area contributed by atoms with Crippen LogP contribution in [0.2, 0.25) is 0 Å². The summed E-state index contributed by atoms with van der Waals surface area (Å²) in [6.07, 6.45) is -0.483. The van der Waals surface area contributed by atoms with Gasteiger partial charge in [0.1, 0.15) is 5.60 Å². The van der Waals surface area contributed by atoms with Gasteiger partial charge < -0.3 is 4.74 Å². The Hall–Kier alpha value is -1.84. The van der Waals surface area contributed by atoms with Gasteiger partial charge in [0.25, 0.3) is 0 Å². The van der Waals surface area contributed by atoms with Crippen LogP contribution in [-0.4, -0.2) is 21.5 Å². The Morgan fingerprint density at radius 3 is 2.65 bits per heavy atom. The molecule has 1 radical (unpaired) electrons. The SMILES string of the molecule is [CH2]c1nn(C(=O)OC(C)(C)C)c2ccccc12. The molecule has 0 aliphatic rings. The second-order valence-electron chi connectivity index (χ2n) is 4.86. The lowest BCUT2D eigenvalue weighted by molar-refractivity contribution is 0.0522. The first-order valence-corrected chi connectivity index (χ1v) is 5.41. The molecule has 0 aliphatic heterocycles. The fourth-order valence-electron chi connectivity index (χ4n) is 1.58. The van der Waals surface area contributed by atoms with Crippen molar-refractivity contribution in [2.24, 2.45) is 0 Å². The molecule has 1 aromatic heterocycles. The summed E-state index contributed by atoms with van der Waals surface area (Å²) in [6, 6.07) is 7.44. The zero-order valence-corrected chi connectivity index (χ0v) is 10.2. The van der Waals surface area contributed by atoms with Gasteiger partial charge in [-0.25, -0.2) is 4.79 Å². The van der Waals surface area contributed by atoms with E-state index in [-0.39, 0.29) is 0 Å². The lowest BCUT2D eigenvalue weighted by Crippen LogP contribution is -2.27. The van der Waals surface area contributed by atoms with Crippen molar-refractivity contribution in [1.82, 2.24) is 9.78 Å². The third-order valence-corrected chi connectivity index (χ3v) is 2.23. The van der Waals surface area contributed by atoms with Gasteiger partial charge in [-0.1, -0.05) is 18.2 Å². The fourth-order valence-corrected chi connectivity index (χ4v) is 1.58. The van der Waals surface area contributed by atoms with Gasteiger partial charge in [0.2, 0.25) is 0 Å². The second kappa shape index (κ2) is 3.87. The Balaban J connectivity index is 2.46. The minimum Gasteiger partial charge on any atom is -0.442 e. The second-order valence-corrected chi connectivity index (χ2v) is 4.86. The molecule has 0 saturated heterocycles.